The molecule has 4 heterocycles. The minimum absolute atomic E-state index is 0.00237. The maximum absolute atomic E-state index is 14.8. The van der Waals surface area contributed by atoms with Crippen molar-refractivity contribution in [3.8, 4) is 61.8 Å². The van der Waals surface area contributed by atoms with Crippen LogP contribution in [0.15, 0.2) is 146 Å². The molecule has 1 saturated heterocycles. The molecule has 0 aliphatic carbocycles. The Morgan fingerprint density at radius 1 is 0.740 bits per heavy atom. The van der Waals surface area contributed by atoms with Gasteiger partial charge in [-0.2, -0.15) is 8.42 Å². The first kappa shape index (κ1) is 96.9. The SMILES string of the molecule is COc1ccc(COC(=O)[C@@H](Cc2ccccc2OCc2ccnc(-c3ccccc3OC)n2)Oc2ncnc3sc(-c4ccc(F)cc4)c(-c4ccc(OCCN5CC[N+](C)(Cc6ccc(NC(=O)[C@H](CCCNC(N)=O)NC(=O)[C@@H](NC(=O)OC(C)(C)C)C(C)C)cc6CN(C)C(=O)OC[C@H](NC(=O)CS(=O)(=O)O)C(=O)OC(C)(C)C)CC5)c(Cl)c4C)c23)cc1. The van der Waals surface area contributed by atoms with Gasteiger partial charge >= 0.3 is 30.2 Å². The number of aromatic nitrogens is 4. The summed E-state index contributed by atoms with van der Waals surface area (Å²) in [5.41, 5.74) is 9.92. The third kappa shape index (κ3) is 28.3. The van der Waals surface area contributed by atoms with Crippen molar-refractivity contribution < 1.29 is 103 Å². The quantitative estimate of drug-likeness (QED) is 0.00618. The molecule has 6 aromatic carbocycles. The number of hydrogen-bond acceptors (Lipinski definition) is 25. The Balaban J connectivity index is 0.876. The van der Waals surface area contributed by atoms with E-state index in [4.69, 9.17) is 74.9 Å². The first-order valence-corrected chi connectivity index (χ1v) is 43.8. The number of alkyl carbamates (subject to hydrolysis) is 1. The molecule has 0 saturated carbocycles. The van der Waals surface area contributed by atoms with E-state index >= 15 is 0 Å². The van der Waals surface area contributed by atoms with Crippen molar-refractivity contribution in [1.29, 1.82) is 0 Å². The zero-order valence-electron chi connectivity index (χ0n) is 73.0. The zero-order chi connectivity index (χ0) is 92.1. The molecule has 4 atom stereocenters. The second-order valence-corrected chi connectivity index (χ2v) is 35.8. The zero-order valence-corrected chi connectivity index (χ0v) is 75.4. The van der Waals surface area contributed by atoms with Crippen molar-refractivity contribution in [3.63, 3.8) is 0 Å². The van der Waals surface area contributed by atoms with Crippen LogP contribution in [0.25, 0.3) is 43.2 Å². The molecule has 678 valence electrons. The normalized spacial score (nSPS) is 13.8. The predicted molar refractivity (Wildman–Crippen MR) is 474 cm³/mol. The molecule has 9 aromatic rings. The molecule has 0 spiro atoms. The van der Waals surface area contributed by atoms with Crippen molar-refractivity contribution in [2.45, 2.75) is 143 Å². The van der Waals surface area contributed by atoms with Gasteiger partial charge in [-0.25, -0.2) is 48.3 Å². The summed E-state index contributed by atoms with van der Waals surface area (Å²) in [6, 6.07) is 33.5. The van der Waals surface area contributed by atoms with Gasteiger partial charge in [-0.05, 0) is 167 Å². The summed E-state index contributed by atoms with van der Waals surface area (Å²) < 4.78 is 101. The minimum atomic E-state index is -4.84. The summed E-state index contributed by atoms with van der Waals surface area (Å²) >= 11 is 8.73. The molecule has 33 nitrogen and oxygen atoms in total. The number of benzene rings is 6. The molecule has 127 heavy (non-hydrogen) atoms. The molecule has 1 aliphatic rings. The molecule has 0 bridgehead atoms. The number of amides is 7. The maximum atomic E-state index is 14.8. The standard InChI is InChI=1S/C90H107ClFN13O20S2/c1-54(2)77(102-87(112)125-90(7,8)9)81(108)101-67(21-18-37-95-86(93)111)80(107)99-62-31-28-59(60(45-62)47-103(10)88(113)122-51-68(84(109)124-89(4,5)6)100-73(106)52-127(114,115)116)48-105(11)42-39-104(40-43-105)41-44-119-71-35-34-65(55(3)76(71)91)74-75-82(96-53-97-83(75)126-78(74)57-26-29-61(92)30-27-57)123-72(85(110)121-49-56-24-32-64(117-12)33-25-56)46-58-19-14-16-22-69(58)120-50-63-36-38-94-79(98-63)66-20-15-17-23-70(66)118-13/h14-17,19-20,22-36,38,45,53-54,67-68,72,77H,18,21,37,39-44,46-52H2,1-13H3,(H7-,93,95,99,100,101,102,106,107,108,111,112,114,115,116)/p+1/t67-,68-,72+,77-/m0/s1. The number of anilines is 1. The summed E-state index contributed by atoms with van der Waals surface area (Å²) in [5.74, 6) is -4.18. The molecule has 3 aromatic heterocycles. The van der Waals surface area contributed by atoms with Gasteiger partial charge in [0.15, 0.2) is 17.6 Å². The number of halogens is 2. The van der Waals surface area contributed by atoms with Gasteiger partial charge < -0.3 is 84.3 Å². The van der Waals surface area contributed by atoms with E-state index in [1.807, 2.05) is 55.5 Å². The van der Waals surface area contributed by atoms with Gasteiger partial charge in [0.25, 0.3) is 10.1 Å². The largest absolute Gasteiger partial charge is 0.497 e. The number of urea groups is 1. The Kier molecular flexibility index (Phi) is 33.3. The summed E-state index contributed by atoms with van der Waals surface area (Å²) in [6.07, 6.45) is -0.0776. The second-order valence-electron chi connectivity index (χ2n) is 33.0. The monoisotopic (exact) mass is 1810 g/mol. The maximum Gasteiger partial charge on any atom is 0.409 e. The first-order chi connectivity index (χ1) is 60.2. The highest BCUT2D eigenvalue weighted by Gasteiger charge is 2.37. The number of nitrogens with one attached hydrogen (secondary N) is 5. The highest BCUT2D eigenvalue weighted by Crippen LogP contribution is 2.50. The molecule has 8 N–H and O–H groups in total. The van der Waals surface area contributed by atoms with E-state index in [0.29, 0.717) is 143 Å². The van der Waals surface area contributed by atoms with E-state index in [1.54, 1.807) is 149 Å². The number of esters is 2. The van der Waals surface area contributed by atoms with Crippen molar-refractivity contribution in [2.24, 2.45) is 11.7 Å². The van der Waals surface area contributed by atoms with Gasteiger partial charge in [0.1, 0.15) is 96.2 Å². The molecule has 1 aliphatic heterocycles. The van der Waals surface area contributed by atoms with Crippen LogP contribution in [0.4, 0.5) is 24.5 Å². The van der Waals surface area contributed by atoms with Gasteiger partial charge in [0, 0.05) is 74.1 Å². The van der Waals surface area contributed by atoms with Crippen LogP contribution < -0.4 is 56.0 Å². The number of methoxy groups -OCH3 is 2. The van der Waals surface area contributed by atoms with Crippen molar-refractivity contribution in [3.05, 3.63) is 190 Å². The lowest BCUT2D eigenvalue weighted by Gasteiger charge is -2.42. The number of carbonyl (C=O) groups is 8. The Bertz CT molecular complexity index is 5520. The van der Waals surface area contributed by atoms with E-state index in [0.717, 1.165) is 5.56 Å². The molecule has 37 heteroatoms. The first-order valence-electron chi connectivity index (χ1n) is 41.0. The number of piperazine rings is 1. The lowest BCUT2D eigenvalue weighted by molar-refractivity contribution is -0.926. The van der Waals surface area contributed by atoms with Crippen LogP contribution in [-0.2, 0) is 85.8 Å². The Hall–Kier alpha value is -12.3. The van der Waals surface area contributed by atoms with Gasteiger partial charge in [0.2, 0.25) is 29.7 Å². The number of primary amides is 1. The third-order valence-electron chi connectivity index (χ3n) is 20.3. The second kappa shape index (κ2) is 43.7. The van der Waals surface area contributed by atoms with Crippen LogP contribution in [0, 0.1) is 18.7 Å². The molecular weight excluding hydrogens is 1700 g/mol. The van der Waals surface area contributed by atoms with Gasteiger partial charge in [-0.15, -0.1) is 11.3 Å². The summed E-state index contributed by atoms with van der Waals surface area (Å²) in [5, 5.41) is 13.6. The lowest BCUT2D eigenvalue weighted by Crippen LogP contribution is -2.57. The predicted octanol–water partition coefficient (Wildman–Crippen LogP) is 12.0. The molecule has 0 unspecified atom stereocenters. The number of para-hydroxylation sites is 2. The molecule has 7 amide bonds. The van der Waals surface area contributed by atoms with Crippen LogP contribution in [0.5, 0.6) is 28.9 Å². The molecule has 0 radical (unpaired) electrons. The fraction of sp³-hybridized carbons (Fsp3) is 0.400. The highest BCUT2D eigenvalue weighted by molar-refractivity contribution is 7.86. The van der Waals surface area contributed by atoms with E-state index in [-0.39, 0.29) is 63.7 Å². The van der Waals surface area contributed by atoms with Crippen LogP contribution in [0.2, 0.25) is 5.02 Å². The van der Waals surface area contributed by atoms with Gasteiger partial charge in [-0.3, -0.25) is 23.8 Å². The molecule has 10 rings (SSSR count). The Morgan fingerprint density at radius 3 is 2.12 bits per heavy atom. The number of nitrogens with two attached hydrogens (primary N) is 1. The number of ether oxygens (including phenoxy) is 9. The number of thiophene rings is 1. The fourth-order valence-electron chi connectivity index (χ4n) is 13.8. The van der Waals surface area contributed by atoms with Crippen LogP contribution in [-0.4, -0.2) is 217 Å². The molecule has 1 fully saturated rings. The van der Waals surface area contributed by atoms with Crippen LogP contribution >= 0.6 is 22.9 Å². The van der Waals surface area contributed by atoms with Crippen LogP contribution in [0.1, 0.15) is 102 Å². The smallest absolute Gasteiger partial charge is 0.409 e. The number of fused-ring (bicyclic) bond motifs is 1. The Labute approximate surface area is 745 Å². The fourth-order valence-corrected chi connectivity index (χ4v) is 15.6. The van der Waals surface area contributed by atoms with Crippen molar-refractivity contribution >= 4 is 96.8 Å². The van der Waals surface area contributed by atoms with Crippen LogP contribution in [0.3, 0.4) is 0 Å². The Morgan fingerprint density at radius 2 is 1.44 bits per heavy atom. The minimum Gasteiger partial charge on any atom is -0.497 e. The average Bonchev–Trinajstić information content (AvgIpc) is 1.60. The summed E-state index contributed by atoms with van der Waals surface area (Å²) in [4.78, 5) is 131. The number of rotatable bonds is 39. The number of likely N-dealkylation sites (N-methyl/N-ethyl adjacent to an activating group) is 1. The van der Waals surface area contributed by atoms with Crippen molar-refractivity contribution in [1.82, 2.24) is 51.0 Å². The average molecular weight is 1810 g/mol. The highest BCUT2D eigenvalue weighted by atomic mass is 35.5. The third-order valence-corrected chi connectivity index (χ3v) is 22.6. The van der Waals surface area contributed by atoms with Crippen molar-refractivity contribution in [2.75, 3.05) is 91.9 Å². The van der Waals surface area contributed by atoms with E-state index < -0.39 is 118 Å². The number of carbonyl (C=O) groups excluding carboxylic acids is 8. The van der Waals surface area contributed by atoms with Gasteiger partial charge in [-0.1, -0.05) is 92.2 Å². The summed E-state index contributed by atoms with van der Waals surface area (Å²) in [6.45, 7) is 17.5. The molecular formula is C90H108ClFN13O20S2+. The lowest BCUT2D eigenvalue weighted by atomic mass is 9.96. The van der Waals surface area contributed by atoms with E-state index in [9.17, 15) is 55.7 Å². The summed E-state index contributed by atoms with van der Waals surface area (Å²) in [7, 11) is 1.79. The number of quaternary nitrogens is 1. The number of hydrogen-bond donors (Lipinski definition) is 7. The van der Waals surface area contributed by atoms with Gasteiger partial charge in [0.05, 0.1) is 56.0 Å². The topological polar surface area (TPSA) is 418 Å². The number of nitrogens with zero attached hydrogens (tertiary/aromatic N) is 7. The van der Waals surface area contributed by atoms with E-state index in [1.165, 1.54) is 41.7 Å². The van der Waals surface area contributed by atoms with E-state index in [2.05, 4.69) is 43.5 Å².